The fourth-order valence-corrected chi connectivity index (χ4v) is 3.01. The van der Waals surface area contributed by atoms with Gasteiger partial charge in [0, 0.05) is 21.7 Å². The molecule has 158 valence electrons. The predicted molar refractivity (Wildman–Crippen MR) is 115 cm³/mol. The predicted octanol–water partition coefficient (Wildman–Crippen LogP) is 3.90. The van der Waals surface area contributed by atoms with Crippen LogP contribution in [-0.4, -0.2) is 42.2 Å². The summed E-state index contributed by atoms with van der Waals surface area (Å²) in [5.41, 5.74) is 2.08. The van der Waals surface area contributed by atoms with Crippen molar-refractivity contribution < 1.29 is 29.0 Å². The van der Waals surface area contributed by atoms with Gasteiger partial charge in [0.25, 0.3) is 0 Å². The summed E-state index contributed by atoms with van der Waals surface area (Å²) in [6.45, 7) is 0. The Morgan fingerprint density at radius 3 is 2.35 bits per heavy atom. The number of carbonyl (C=O) groups excluding carboxylic acids is 2. The number of aromatic nitrogens is 1. The smallest absolute Gasteiger partial charge is 0.354 e. The molecule has 0 saturated carbocycles. The zero-order chi connectivity index (χ0) is 22.5. The maximum Gasteiger partial charge on any atom is 0.354 e. The number of pyridine rings is 1. The lowest BCUT2D eigenvalue weighted by Crippen LogP contribution is -2.15. The molecule has 0 atom stereocenters. The van der Waals surface area contributed by atoms with Crippen LogP contribution in [0.15, 0.2) is 60.3 Å². The number of halogens is 1. The van der Waals surface area contributed by atoms with E-state index in [9.17, 15) is 19.5 Å². The number of carboxylic acids is 1. The number of fused-ring (bicyclic) bond motifs is 1. The third-order valence-corrected chi connectivity index (χ3v) is 4.56. The summed E-state index contributed by atoms with van der Waals surface area (Å²) in [5, 5.41) is 13.2. The molecule has 8 nitrogen and oxygen atoms in total. The molecule has 1 heterocycles. The molecule has 0 unspecified atom stereocenters. The average molecular weight is 441 g/mol. The number of methoxy groups -OCH3 is 2. The van der Waals surface area contributed by atoms with E-state index in [1.807, 2.05) is 0 Å². The number of anilines is 1. The molecule has 0 radical (unpaired) electrons. The number of benzene rings is 2. The van der Waals surface area contributed by atoms with E-state index in [1.165, 1.54) is 20.3 Å². The number of carbonyl (C=O) groups is 3. The maximum atomic E-state index is 11.9. The number of ether oxygens (including phenoxy) is 2. The van der Waals surface area contributed by atoms with E-state index in [2.05, 4.69) is 19.8 Å². The number of hydrogen-bond acceptors (Lipinski definition) is 7. The van der Waals surface area contributed by atoms with Crippen LogP contribution >= 0.6 is 11.6 Å². The number of carboxylic acid groups (broad SMARTS) is 1. The summed E-state index contributed by atoms with van der Waals surface area (Å²) in [4.78, 5) is 39.6. The van der Waals surface area contributed by atoms with Crippen molar-refractivity contribution in [3.63, 3.8) is 0 Å². The Morgan fingerprint density at radius 2 is 1.74 bits per heavy atom. The molecule has 1 aromatic heterocycles. The third-order valence-electron chi connectivity index (χ3n) is 4.33. The normalized spacial score (nSPS) is 11.1. The van der Waals surface area contributed by atoms with Crippen LogP contribution in [0.3, 0.4) is 0 Å². The molecular formula is C22H17ClN2O6. The van der Waals surface area contributed by atoms with Crippen molar-refractivity contribution in [3.8, 4) is 11.3 Å². The molecule has 0 spiro atoms. The largest absolute Gasteiger partial charge is 0.478 e. The van der Waals surface area contributed by atoms with E-state index < -0.39 is 17.9 Å². The lowest BCUT2D eigenvalue weighted by atomic mass is 10.0. The minimum atomic E-state index is -1.09. The van der Waals surface area contributed by atoms with Crippen LogP contribution in [0.25, 0.3) is 22.2 Å². The van der Waals surface area contributed by atoms with Crippen LogP contribution in [0.4, 0.5) is 5.69 Å². The van der Waals surface area contributed by atoms with E-state index in [0.717, 1.165) is 6.08 Å². The van der Waals surface area contributed by atoms with Gasteiger partial charge in [-0.15, -0.1) is 0 Å². The highest BCUT2D eigenvalue weighted by molar-refractivity contribution is 6.31. The summed E-state index contributed by atoms with van der Waals surface area (Å²) >= 11 is 5.99. The molecule has 2 N–H and O–H groups in total. The van der Waals surface area contributed by atoms with Crippen molar-refractivity contribution >= 4 is 46.1 Å². The van der Waals surface area contributed by atoms with Gasteiger partial charge in [0.15, 0.2) is 0 Å². The zero-order valence-electron chi connectivity index (χ0n) is 16.5. The van der Waals surface area contributed by atoms with Gasteiger partial charge in [-0.25, -0.2) is 19.4 Å². The van der Waals surface area contributed by atoms with Gasteiger partial charge in [0.2, 0.25) is 0 Å². The molecule has 3 aromatic rings. The first kappa shape index (κ1) is 21.8. The molecular weight excluding hydrogens is 424 g/mol. The quantitative estimate of drug-likeness (QED) is 0.438. The molecule has 3 rings (SSSR count). The van der Waals surface area contributed by atoms with E-state index >= 15 is 0 Å². The number of esters is 2. The topological polar surface area (TPSA) is 115 Å². The third kappa shape index (κ3) is 4.99. The van der Waals surface area contributed by atoms with Crippen molar-refractivity contribution in [2.75, 3.05) is 19.5 Å². The van der Waals surface area contributed by atoms with E-state index in [-0.39, 0.29) is 11.3 Å². The van der Waals surface area contributed by atoms with Gasteiger partial charge < -0.3 is 19.9 Å². The highest BCUT2D eigenvalue weighted by atomic mass is 35.5. The van der Waals surface area contributed by atoms with E-state index in [4.69, 9.17) is 11.6 Å². The lowest BCUT2D eigenvalue weighted by molar-refractivity contribution is -0.138. The number of nitrogens with zero attached hydrogens (tertiary/aromatic N) is 1. The van der Waals surface area contributed by atoms with Gasteiger partial charge in [0.1, 0.15) is 5.70 Å². The first-order valence-electron chi connectivity index (χ1n) is 8.91. The zero-order valence-corrected chi connectivity index (χ0v) is 17.3. The van der Waals surface area contributed by atoms with Crippen LogP contribution in [-0.2, 0) is 19.1 Å². The second kappa shape index (κ2) is 9.27. The van der Waals surface area contributed by atoms with Crippen molar-refractivity contribution in [2.24, 2.45) is 0 Å². The van der Waals surface area contributed by atoms with Gasteiger partial charge in [-0.05, 0) is 36.4 Å². The average Bonchev–Trinajstić information content (AvgIpc) is 2.77. The molecule has 0 aliphatic heterocycles. The summed E-state index contributed by atoms with van der Waals surface area (Å²) in [6, 6.07) is 13.0. The van der Waals surface area contributed by atoms with Gasteiger partial charge in [0.05, 0.1) is 37.1 Å². The van der Waals surface area contributed by atoms with E-state index in [1.54, 1.807) is 42.5 Å². The van der Waals surface area contributed by atoms with E-state index in [0.29, 0.717) is 32.9 Å². The Kier molecular flexibility index (Phi) is 6.52. The van der Waals surface area contributed by atoms with Crippen LogP contribution in [0.5, 0.6) is 0 Å². The van der Waals surface area contributed by atoms with Crippen LogP contribution in [0, 0.1) is 0 Å². The number of rotatable bonds is 6. The SMILES string of the molecule is COC(=O)/C=C(/Nc1ccc(-c2cc(C(=O)O)c3cc(Cl)ccc3n2)cc1)C(=O)OC. The minimum absolute atomic E-state index is 0.0821. The fraction of sp³-hybridized carbons (Fsp3) is 0.0909. The number of aromatic carboxylic acids is 1. The van der Waals surface area contributed by atoms with Gasteiger partial charge in [-0.3, -0.25) is 0 Å². The molecule has 31 heavy (non-hydrogen) atoms. The summed E-state index contributed by atoms with van der Waals surface area (Å²) in [7, 11) is 2.38. The Labute approximate surface area is 182 Å². The summed E-state index contributed by atoms with van der Waals surface area (Å²) in [5.74, 6) is -2.55. The lowest BCUT2D eigenvalue weighted by Gasteiger charge is -2.11. The van der Waals surface area contributed by atoms with Gasteiger partial charge in [-0.2, -0.15) is 0 Å². The summed E-state index contributed by atoms with van der Waals surface area (Å²) < 4.78 is 9.19. The Bertz CT molecular complexity index is 1200. The van der Waals surface area contributed by atoms with Crippen LogP contribution in [0.1, 0.15) is 10.4 Å². The molecule has 0 bridgehead atoms. The molecule has 0 aliphatic carbocycles. The molecule has 0 amide bonds. The van der Waals surface area contributed by atoms with Crippen LogP contribution in [0.2, 0.25) is 5.02 Å². The maximum absolute atomic E-state index is 11.9. The fourth-order valence-electron chi connectivity index (χ4n) is 2.84. The monoisotopic (exact) mass is 440 g/mol. The van der Waals surface area contributed by atoms with Gasteiger partial charge in [-0.1, -0.05) is 23.7 Å². The molecule has 0 aliphatic rings. The Hall–Kier alpha value is -3.91. The number of nitrogens with one attached hydrogen (secondary N) is 1. The summed E-state index contributed by atoms with van der Waals surface area (Å²) in [6.07, 6.45) is 0.981. The highest BCUT2D eigenvalue weighted by Crippen LogP contribution is 2.28. The molecule has 2 aromatic carbocycles. The Balaban J connectivity index is 1.96. The van der Waals surface area contributed by atoms with Crippen LogP contribution < -0.4 is 5.32 Å². The molecule has 0 saturated heterocycles. The van der Waals surface area contributed by atoms with Crippen molar-refractivity contribution in [1.82, 2.24) is 4.98 Å². The standard InChI is InChI=1S/C22H17ClN2O6/c1-30-20(26)11-19(22(29)31-2)24-14-6-3-12(4-7-14)18-10-16(21(27)28)15-9-13(23)5-8-17(15)25-18/h3-11,24H,1-2H3,(H,27,28)/b19-11+. The van der Waals surface area contributed by atoms with Crippen molar-refractivity contribution in [1.29, 1.82) is 0 Å². The minimum Gasteiger partial charge on any atom is -0.478 e. The Morgan fingerprint density at radius 1 is 1.03 bits per heavy atom. The van der Waals surface area contributed by atoms with Crippen molar-refractivity contribution in [3.05, 3.63) is 70.9 Å². The first-order valence-corrected chi connectivity index (χ1v) is 9.29. The number of hydrogen-bond donors (Lipinski definition) is 2. The first-order chi connectivity index (χ1) is 14.8. The highest BCUT2D eigenvalue weighted by Gasteiger charge is 2.15. The van der Waals surface area contributed by atoms with Gasteiger partial charge >= 0.3 is 17.9 Å². The molecule has 0 fully saturated rings. The second-order valence-corrected chi connectivity index (χ2v) is 6.73. The van der Waals surface area contributed by atoms with Crippen molar-refractivity contribution in [2.45, 2.75) is 0 Å². The second-order valence-electron chi connectivity index (χ2n) is 6.30. The molecule has 9 heteroatoms.